The van der Waals surface area contributed by atoms with Gasteiger partial charge >= 0.3 is 0 Å². The zero-order valence-electron chi connectivity index (χ0n) is 17.5. The lowest BCUT2D eigenvalue weighted by Crippen LogP contribution is -2.26. The second-order valence-corrected chi connectivity index (χ2v) is 8.91. The molecule has 1 aliphatic carbocycles. The van der Waals surface area contributed by atoms with Gasteiger partial charge in [-0.2, -0.15) is 0 Å². The number of aliphatic hydroxyl groups is 1. The molecular formula is C27H29BrO2. The van der Waals surface area contributed by atoms with Crippen LogP contribution in [0.15, 0.2) is 71.2 Å². The topological polar surface area (TPSA) is 29.5 Å². The first-order chi connectivity index (χ1) is 14.7. The Hall–Kier alpha value is -2.10. The number of rotatable bonds is 9. The molecule has 0 aliphatic heterocycles. The van der Waals surface area contributed by atoms with Crippen LogP contribution in [0.2, 0.25) is 0 Å². The third-order valence-electron chi connectivity index (χ3n) is 6.02. The number of halogens is 1. The van der Waals surface area contributed by atoms with Crippen LogP contribution in [-0.2, 0) is 5.60 Å². The highest BCUT2D eigenvalue weighted by atomic mass is 79.9. The van der Waals surface area contributed by atoms with Crippen LogP contribution in [0.4, 0.5) is 0 Å². The van der Waals surface area contributed by atoms with E-state index in [9.17, 15) is 5.11 Å². The van der Waals surface area contributed by atoms with E-state index in [0.29, 0.717) is 0 Å². The fourth-order valence-electron chi connectivity index (χ4n) is 4.45. The molecular weight excluding hydrogens is 436 g/mol. The molecule has 4 rings (SSSR count). The summed E-state index contributed by atoms with van der Waals surface area (Å²) in [6, 6.07) is 22.1. The lowest BCUT2D eigenvalue weighted by molar-refractivity contribution is 0.130. The Morgan fingerprint density at radius 3 is 2.30 bits per heavy atom. The predicted molar refractivity (Wildman–Crippen MR) is 127 cm³/mol. The number of hydrogen-bond donors (Lipinski definition) is 1. The third kappa shape index (κ3) is 3.93. The summed E-state index contributed by atoms with van der Waals surface area (Å²) in [4.78, 5) is 0. The van der Waals surface area contributed by atoms with Crippen LogP contribution in [0.3, 0.4) is 0 Å². The van der Waals surface area contributed by atoms with Gasteiger partial charge in [-0.3, -0.25) is 0 Å². The molecule has 0 fully saturated rings. The van der Waals surface area contributed by atoms with Gasteiger partial charge < -0.3 is 9.84 Å². The molecule has 0 saturated heterocycles. The van der Waals surface area contributed by atoms with Crippen LogP contribution in [0, 0.1) is 0 Å². The van der Waals surface area contributed by atoms with Crippen molar-refractivity contribution in [3.8, 4) is 16.9 Å². The molecule has 3 aromatic rings. The monoisotopic (exact) mass is 464 g/mol. The number of unbranched alkanes of at least 4 members (excludes halogenated alkanes) is 5. The van der Waals surface area contributed by atoms with Gasteiger partial charge in [-0.05, 0) is 41.3 Å². The minimum absolute atomic E-state index is 0.743. The standard InChI is InChI=1S/C27H29BrO2/c1-2-3-4-5-6-9-19-30-21-17-15-20(16-18-21)27(29)24-13-8-7-11-22(24)23-12-10-14-25(28)26(23)27/h7-8,10-18,29H,2-6,9,19H2,1H3. The number of benzene rings is 3. The van der Waals surface area contributed by atoms with Gasteiger partial charge in [0.25, 0.3) is 0 Å². The van der Waals surface area contributed by atoms with Crippen molar-refractivity contribution in [1.82, 2.24) is 0 Å². The van der Waals surface area contributed by atoms with Gasteiger partial charge in [-0.15, -0.1) is 0 Å². The molecule has 1 aliphatic rings. The molecule has 3 heteroatoms. The largest absolute Gasteiger partial charge is 0.494 e. The number of fused-ring (bicyclic) bond motifs is 3. The van der Waals surface area contributed by atoms with Gasteiger partial charge in [-0.25, -0.2) is 0 Å². The molecule has 0 bridgehead atoms. The average Bonchev–Trinajstić information content (AvgIpc) is 3.04. The van der Waals surface area contributed by atoms with Crippen molar-refractivity contribution in [2.24, 2.45) is 0 Å². The molecule has 0 saturated carbocycles. The average molecular weight is 465 g/mol. The van der Waals surface area contributed by atoms with E-state index in [1.165, 1.54) is 32.1 Å². The van der Waals surface area contributed by atoms with E-state index in [1.807, 2.05) is 54.6 Å². The van der Waals surface area contributed by atoms with Crippen molar-refractivity contribution in [3.63, 3.8) is 0 Å². The highest BCUT2D eigenvalue weighted by Crippen LogP contribution is 2.53. The van der Waals surface area contributed by atoms with Crippen molar-refractivity contribution >= 4 is 15.9 Å². The van der Waals surface area contributed by atoms with Gasteiger partial charge in [0.15, 0.2) is 0 Å². The predicted octanol–water partition coefficient (Wildman–Crippen LogP) is 7.45. The molecule has 0 spiro atoms. The van der Waals surface area contributed by atoms with E-state index in [0.717, 1.165) is 51.1 Å². The fourth-order valence-corrected chi connectivity index (χ4v) is 5.10. The number of ether oxygens (including phenoxy) is 1. The summed E-state index contributed by atoms with van der Waals surface area (Å²) in [5.74, 6) is 0.856. The Balaban J connectivity index is 1.52. The minimum Gasteiger partial charge on any atom is -0.494 e. The van der Waals surface area contributed by atoms with Crippen LogP contribution in [0.25, 0.3) is 11.1 Å². The van der Waals surface area contributed by atoms with Crippen LogP contribution in [0.5, 0.6) is 5.75 Å². The zero-order valence-corrected chi connectivity index (χ0v) is 19.1. The normalized spacial score (nSPS) is 16.9. The van der Waals surface area contributed by atoms with Crippen molar-refractivity contribution in [1.29, 1.82) is 0 Å². The van der Waals surface area contributed by atoms with Gasteiger partial charge in [0, 0.05) is 15.6 Å². The first kappa shape index (κ1) is 21.1. The third-order valence-corrected chi connectivity index (χ3v) is 6.68. The molecule has 0 heterocycles. The molecule has 0 amide bonds. The van der Waals surface area contributed by atoms with Crippen molar-refractivity contribution < 1.29 is 9.84 Å². The van der Waals surface area contributed by atoms with E-state index >= 15 is 0 Å². The van der Waals surface area contributed by atoms with Crippen LogP contribution in [0.1, 0.15) is 62.1 Å². The van der Waals surface area contributed by atoms with E-state index in [1.54, 1.807) is 0 Å². The van der Waals surface area contributed by atoms with Gasteiger partial charge in [0.05, 0.1) is 6.61 Å². The summed E-state index contributed by atoms with van der Waals surface area (Å²) in [6.45, 7) is 2.98. The lowest BCUT2D eigenvalue weighted by atomic mass is 9.84. The maximum absolute atomic E-state index is 12.0. The summed E-state index contributed by atoms with van der Waals surface area (Å²) < 4.78 is 6.85. The van der Waals surface area contributed by atoms with Crippen LogP contribution in [-0.4, -0.2) is 11.7 Å². The van der Waals surface area contributed by atoms with E-state index < -0.39 is 5.60 Å². The van der Waals surface area contributed by atoms with Crippen LogP contribution >= 0.6 is 15.9 Å². The Morgan fingerprint density at radius 1 is 0.800 bits per heavy atom. The summed E-state index contributed by atoms with van der Waals surface area (Å²) >= 11 is 3.67. The maximum Gasteiger partial charge on any atom is 0.142 e. The van der Waals surface area contributed by atoms with E-state index in [2.05, 4.69) is 35.0 Å². The summed E-state index contributed by atoms with van der Waals surface area (Å²) in [7, 11) is 0. The molecule has 3 aromatic carbocycles. The first-order valence-electron chi connectivity index (χ1n) is 11.0. The summed E-state index contributed by atoms with van der Waals surface area (Å²) in [5.41, 5.74) is 3.67. The van der Waals surface area contributed by atoms with Gasteiger partial charge in [-0.1, -0.05) is 103 Å². The molecule has 1 unspecified atom stereocenters. The van der Waals surface area contributed by atoms with E-state index in [-0.39, 0.29) is 0 Å². The lowest BCUT2D eigenvalue weighted by Gasteiger charge is -2.27. The van der Waals surface area contributed by atoms with E-state index in [4.69, 9.17) is 4.74 Å². The molecule has 2 nitrogen and oxygen atoms in total. The maximum atomic E-state index is 12.0. The molecule has 0 aromatic heterocycles. The van der Waals surface area contributed by atoms with Gasteiger partial charge in [0.2, 0.25) is 0 Å². The number of hydrogen-bond acceptors (Lipinski definition) is 2. The summed E-state index contributed by atoms with van der Waals surface area (Å²) in [5, 5.41) is 12.0. The molecule has 30 heavy (non-hydrogen) atoms. The quantitative estimate of drug-likeness (QED) is 0.333. The Kier molecular flexibility index (Phi) is 6.60. The van der Waals surface area contributed by atoms with Crippen molar-refractivity contribution in [2.75, 3.05) is 6.61 Å². The fraction of sp³-hybridized carbons (Fsp3) is 0.333. The highest BCUT2D eigenvalue weighted by Gasteiger charge is 2.44. The van der Waals surface area contributed by atoms with Crippen molar-refractivity contribution in [2.45, 2.75) is 51.0 Å². The zero-order chi connectivity index (χ0) is 21.0. The minimum atomic E-state index is -1.18. The Morgan fingerprint density at radius 2 is 1.50 bits per heavy atom. The Bertz CT molecular complexity index is 996. The Labute approximate surface area is 188 Å². The van der Waals surface area contributed by atoms with Crippen molar-refractivity contribution in [3.05, 3.63) is 87.9 Å². The highest BCUT2D eigenvalue weighted by molar-refractivity contribution is 9.10. The second-order valence-electron chi connectivity index (χ2n) is 8.06. The molecule has 1 atom stereocenters. The first-order valence-corrected chi connectivity index (χ1v) is 11.8. The summed E-state index contributed by atoms with van der Waals surface area (Å²) in [6.07, 6.45) is 7.52. The second kappa shape index (κ2) is 9.36. The van der Waals surface area contributed by atoms with Gasteiger partial charge in [0.1, 0.15) is 11.4 Å². The SMILES string of the molecule is CCCCCCCCOc1ccc(C2(O)c3ccccc3-c3cccc(Br)c32)cc1. The smallest absolute Gasteiger partial charge is 0.142 e. The molecule has 0 radical (unpaired) electrons. The molecule has 1 N–H and O–H groups in total. The van der Waals surface area contributed by atoms with Crippen LogP contribution < -0.4 is 4.74 Å². The molecule has 156 valence electrons.